The average Bonchev–Trinajstić information content (AvgIpc) is 3.06. The zero-order valence-electron chi connectivity index (χ0n) is 19.7. The summed E-state index contributed by atoms with van der Waals surface area (Å²) in [4.78, 5) is 47.6. The van der Waals surface area contributed by atoms with Crippen LogP contribution in [0.5, 0.6) is 0 Å². The quantitative estimate of drug-likeness (QED) is 0.133. The molecule has 0 spiro atoms. The zero-order valence-corrected chi connectivity index (χ0v) is 22.7. The van der Waals surface area contributed by atoms with Gasteiger partial charge in [0, 0.05) is 12.8 Å². The van der Waals surface area contributed by atoms with Crippen LogP contribution in [0.4, 0.5) is 19.5 Å². The molecule has 0 saturated heterocycles. The number of ether oxygens (including phenoxy) is 2. The largest absolute Gasteiger partial charge is 0.510 e. The molecule has 0 aliphatic rings. The number of benzene rings is 1. The molecule has 2 rings (SSSR count). The van der Waals surface area contributed by atoms with Crippen LogP contribution in [0.25, 0.3) is 11.0 Å². The van der Waals surface area contributed by atoms with Crippen molar-refractivity contribution < 1.29 is 46.7 Å². The van der Waals surface area contributed by atoms with Crippen LogP contribution in [0.15, 0.2) is 6.07 Å². The zero-order chi connectivity index (χ0) is 27.4. The maximum Gasteiger partial charge on any atom is 0.510 e. The van der Waals surface area contributed by atoms with Crippen molar-refractivity contribution in [3.8, 4) is 6.07 Å². The number of hydrogen-bond acceptors (Lipinski definition) is 8. The van der Waals surface area contributed by atoms with Gasteiger partial charge in [-0.3, -0.25) is 9.32 Å². The number of nitrogens with zero attached hydrogens (tertiary/aromatic N) is 4. The number of carbonyl (C=O) groups excluding carboxylic acids is 2. The molecule has 0 bridgehead atoms. The highest BCUT2D eigenvalue weighted by Gasteiger charge is 2.34. The number of fused-ring (bicyclic) bond motifs is 1. The molecule has 1 aromatic carbocycles. The molecule has 2 aromatic rings. The summed E-state index contributed by atoms with van der Waals surface area (Å²) < 4.78 is 55.3. The van der Waals surface area contributed by atoms with E-state index in [4.69, 9.17) is 24.5 Å². The summed E-state index contributed by atoms with van der Waals surface area (Å²) >= 11 is 1.60. The van der Waals surface area contributed by atoms with Gasteiger partial charge in [0.2, 0.25) is 11.9 Å². The van der Waals surface area contributed by atoms with Crippen LogP contribution in [0.3, 0.4) is 0 Å². The Morgan fingerprint density at radius 2 is 1.97 bits per heavy atom. The van der Waals surface area contributed by atoms with Gasteiger partial charge in [0.25, 0.3) is 0 Å². The number of phosphoric acid groups is 1. The second kappa shape index (κ2) is 11.8. The molecule has 1 unspecified atom stereocenters. The summed E-state index contributed by atoms with van der Waals surface area (Å²) in [5.74, 6) is -2.83. The third kappa shape index (κ3) is 7.81. The van der Waals surface area contributed by atoms with Crippen molar-refractivity contribution >= 4 is 59.7 Å². The summed E-state index contributed by atoms with van der Waals surface area (Å²) in [6.45, 7) is 5.99. The van der Waals surface area contributed by atoms with Crippen LogP contribution in [0, 0.1) is 28.4 Å². The van der Waals surface area contributed by atoms with Crippen LogP contribution in [0.1, 0.15) is 46.1 Å². The lowest BCUT2D eigenvalue weighted by molar-refractivity contribution is -0.122. The van der Waals surface area contributed by atoms with E-state index in [0.717, 1.165) is 7.68 Å². The Hall–Kier alpha value is -2.38. The summed E-state index contributed by atoms with van der Waals surface area (Å²) in [6, 6.07) is 2.25. The normalized spacial score (nSPS) is 12.8. The highest BCUT2D eigenvalue weighted by atomic mass is 127. The Morgan fingerprint density at radius 3 is 2.53 bits per heavy atom. The van der Waals surface area contributed by atoms with Gasteiger partial charge in [0.05, 0.1) is 41.6 Å². The number of amides is 1. The van der Waals surface area contributed by atoms with Gasteiger partial charge < -0.3 is 19.3 Å². The molecule has 1 heterocycles. The lowest BCUT2D eigenvalue weighted by Crippen LogP contribution is -2.44. The van der Waals surface area contributed by atoms with Crippen molar-refractivity contribution in [2.24, 2.45) is 5.41 Å². The Kier molecular flexibility index (Phi) is 9.77. The van der Waals surface area contributed by atoms with E-state index in [1.807, 2.05) is 0 Å². The molecule has 2 N–H and O–H groups in total. The number of halogens is 3. The van der Waals surface area contributed by atoms with Crippen LogP contribution in [0.2, 0.25) is 0 Å². The van der Waals surface area contributed by atoms with Crippen molar-refractivity contribution in [2.45, 2.75) is 46.8 Å². The molecular weight excluding hydrogens is 620 g/mol. The molecule has 1 amide bonds. The van der Waals surface area contributed by atoms with E-state index in [2.05, 4.69) is 9.51 Å². The van der Waals surface area contributed by atoms with Crippen LogP contribution >= 0.6 is 30.7 Å². The first-order valence-electron chi connectivity index (χ1n) is 10.4. The van der Waals surface area contributed by atoms with E-state index in [-0.39, 0.29) is 37.5 Å². The predicted molar refractivity (Wildman–Crippen MR) is 130 cm³/mol. The maximum atomic E-state index is 14.8. The first kappa shape index (κ1) is 29.8. The van der Waals surface area contributed by atoms with Crippen molar-refractivity contribution in [1.82, 2.24) is 7.76 Å². The van der Waals surface area contributed by atoms with Crippen molar-refractivity contribution in [2.75, 3.05) is 18.1 Å². The molecule has 0 radical (unpaired) electrons. The minimum Gasteiger partial charge on any atom is -0.434 e. The highest BCUT2D eigenvalue weighted by Crippen LogP contribution is 2.36. The molecule has 16 heteroatoms. The standard InChI is InChI=1S/C20H24F2IN4O8P/c1-11(35-19(29)33-6-5-7-34-36(30,31)32)26(14(28)9-20(2,3)4)18-25-16-13(21)8-12(10-24)15(22)17(16)27(18)23/h8,11H,5-7,9H2,1-4H3,(H2,30,31,32). The van der Waals surface area contributed by atoms with Gasteiger partial charge >= 0.3 is 14.0 Å². The SMILES string of the molecule is CC(OC(=O)OCCCOP(=O)(O)O)N(C(=O)CC(C)(C)C)c1nc2c(F)cc(C#N)c(F)c2n1I. The highest BCUT2D eigenvalue weighted by molar-refractivity contribution is 14.1. The Balaban J connectivity index is 2.33. The number of nitriles is 1. The minimum absolute atomic E-state index is 0.0510. The van der Waals surface area contributed by atoms with Gasteiger partial charge in [0.15, 0.2) is 17.9 Å². The second-order valence-corrected chi connectivity index (χ2v) is 10.9. The second-order valence-electron chi connectivity index (χ2n) is 8.72. The number of rotatable bonds is 9. The number of imidazole rings is 1. The predicted octanol–water partition coefficient (Wildman–Crippen LogP) is 4.15. The van der Waals surface area contributed by atoms with Gasteiger partial charge in [-0.15, -0.1) is 0 Å². The first-order valence-corrected chi connectivity index (χ1v) is 12.9. The number of phosphoric ester groups is 1. The Morgan fingerprint density at radius 1 is 1.33 bits per heavy atom. The molecule has 0 aliphatic heterocycles. The fraction of sp³-hybridized carbons (Fsp3) is 0.500. The Bertz CT molecular complexity index is 1240. The molecule has 198 valence electrons. The van der Waals surface area contributed by atoms with Crippen molar-refractivity contribution in [3.05, 3.63) is 23.3 Å². The first-order chi connectivity index (χ1) is 16.6. The van der Waals surface area contributed by atoms with E-state index in [1.165, 1.54) is 6.92 Å². The molecular formula is C20H24F2IN4O8P. The van der Waals surface area contributed by atoms with E-state index >= 15 is 0 Å². The van der Waals surface area contributed by atoms with Crippen LogP contribution in [-0.2, 0) is 23.4 Å². The number of aromatic nitrogens is 2. The van der Waals surface area contributed by atoms with Gasteiger partial charge in [-0.2, -0.15) is 5.26 Å². The Labute approximate surface area is 218 Å². The average molecular weight is 644 g/mol. The summed E-state index contributed by atoms with van der Waals surface area (Å²) in [5, 5.41) is 9.09. The molecule has 12 nitrogen and oxygen atoms in total. The topological polar surface area (TPSA) is 164 Å². The lowest BCUT2D eigenvalue weighted by atomic mass is 9.91. The van der Waals surface area contributed by atoms with E-state index < -0.39 is 54.2 Å². The fourth-order valence-corrected chi connectivity index (χ4v) is 4.15. The molecule has 0 aliphatic carbocycles. The fourth-order valence-electron chi connectivity index (χ4n) is 3.00. The van der Waals surface area contributed by atoms with E-state index in [0.29, 0.717) is 6.07 Å². The van der Waals surface area contributed by atoms with Crippen LogP contribution < -0.4 is 4.90 Å². The van der Waals surface area contributed by atoms with Gasteiger partial charge in [-0.25, -0.2) is 30.8 Å². The third-order valence-electron chi connectivity index (χ3n) is 4.43. The molecule has 0 fully saturated rings. The maximum absolute atomic E-state index is 14.8. The summed E-state index contributed by atoms with van der Waals surface area (Å²) in [6.07, 6.45) is -2.66. The van der Waals surface area contributed by atoms with E-state index in [1.54, 1.807) is 49.7 Å². The summed E-state index contributed by atoms with van der Waals surface area (Å²) in [7, 11) is -4.65. The smallest absolute Gasteiger partial charge is 0.434 e. The molecule has 36 heavy (non-hydrogen) atoms. The van der Waals surface area contributed by atoms with Gasteiger partial charge in [-0.1, -0.05) is 20.8 Å². The van der Waals surface area contributed by atoms with Crippen LogP contribution in [-0.4, -0.2) is 49.1 Å². The number of carbonyl (C=O) groups is 2. The minimum atomic E-state index is -4.65. The van der Waals surface area contributed by atoms with Crippen molar-refractivity contribution in [3.63, 3.8) is 0 Å². The number of hydrogen-bond donors (Lipinski definition) is 2. The lowest BCUT2D eigenvalue weighted by Gasteiger charge is -2.29. The van der Waals surface area contributed by atoms with Gasteiger partial charge in [-0.05, 0) is 18.4 Å². The van der Waals surface area contributed by atoms with E-state index in [9.17, 15) is 22.9 Å². The van der Waals surface area contributed by atoms with Crippen molar-refractivity contribution in [1.29, 1.82) is 5.26 Å². The molecule has 1 atom stereocenters. The molecule has 1 aromatic heterocycles. The monoisotopic (exact) mass is 644 g/mol. The molecule has 0 saturated carbocycles. The number of anilines is 1. The third-order valence-corrected chi connectivity index (χ3v) is 5.87. The van der Waals surface area contributed by atoms with Gasteiger partial charge in [0.1, 0.15) is 17.1 Å². The summed E-state index contributed by atoms with van der Waals surface area (Å²) in [5.41, 5.74) is -1.85.